The standard InChI is InChI=1S/C12H22Si/c1-10(2)7-13(8-11(3)4)9-12(5)6/h7-9,13H,1-6H3. The molecule has 0 amide bonds. The molecule has 0 spiro atoms. The van der Waals surface area contributed by atoms with Crippen LogP contribution in [-0.4, -0.2) is 8.80 Å². The van der Waals surface area contributed by atoms with Gasteiger partial charge in [0.25, 0.3) is 0 Å². The molecule has 0 aromatic heterocycles. The summed E-state index contributed by atoms with van der Waals surface area (Å²) in [4.78, 5) is 0. The van der Waals surface area contributed by atoms with E-state index in [0.29, 0.717) is 0 Å². The third-order valence-electron chi connectivity index (χ3n) is 1.58. The van der Waals surface area contributed by atoms with Gasteiger partial charge in [-0.2, -0.15) is 0 Å². The largest absolute Gasteiger partial charge is 0.109 e. The van der Waals surface area contributed by atoms with Crippen molar-refractivity contribution >= 4 is 8.80 Å². The van der Waals surface area contributed by atoms with Gasteiger partial charge in [0.1, 0.15) is 8.80 Å². The van der Waals surface area contributed by atoms with Crippen LogP contribution in [0.25, 0.3) is 0 Å². The van der Waals surface area contributed by atoms with Crippen molar-refractivity contribution in [1.29, 1.82) is 0 Å². The fourth-order valence-corrected chi connectivity index (χ4v) is 3.90. The number of allylic oxidation sites excluding steroid dienone is 3. The summed E-state index contributed by atoms with van der Waals surface area (Å²) in [5.41, 5.74) is 11.6. The van der Waals surface area contributed by atoms with Crippen LogP contribution in [0, 0.1) is 0 Å². The summed E-state index contributed by atoms with van der Waals surface area (Å²) in [6, 6.07) is 0. The molecule has 0 rings (SSSR count). The summed E-state index contributed by atoms with van der Waals surface area (Å²) in [6.45, 7) is 13.1. The second kappa shape index (κ2) is 5.98. The number of hydrogen-bond acceptors (Lipinski definition) is 0. The van der Waals surface area contributed by atoms with Gasteiger partial charge >= 0.3 is 0 Å². The maximum absolute atomic E-state index is 2.43. The Hall–Kier alpha value is -0.563. The van der Waals surface area contributed by atoms with E-state index in [1.165, 1.54) is 16.7 Å². The SMILES string of the molecule is CC(C)=C[SiH](C=C(C)C)C=C(C)C. The summed E-state index contributed by atoms with van der Waals surface area (Å²) in [5, 5.41) is 0. The molecule has 0 nitrogen and oxygen atoms in total. The molecular weight excluding hydrogens is 172 g/mol. The molecule has 1 heteroatoms. The average Bonchev–Trinajstić information content (AvgIpc) is 1.80. The van der Waals surface area contributed by atoms with Crippen LogP contribution in [0.3, 0.4) is 0 Å². The minimum atomic E-state index is -0.894. The topological polar surface area (TPSA) is 0 Å². The van der Waals surface area contributed by atoms with Crippen molar-refractivity contribution < 1.29 is 0 Å². The molecule has 0 aromatic rings. The van der Waals surface area contributed by atoms with Gasteiger partial charge in [0.05, 0.1) is 0 Å². The lowest BCUT2D eigenvalue weighted by Gasteiger charge is -2.03. The third-order valence-corrected chi connectivity index (χ3v) is 4.73. The van der Waals surface area contributed by atoms with E-state index in [1.54, 1.807) is 0 Å². The minimum Gasteiger partial charge on any atom is -0.0911 e. The molecule has 0 aliphatic carbocycles. The Morgan fingerprint density at radius 2 is 0.846 bits per heavy atom. The van der Waals surface area contributed by atoms with Gasteiger partial charge < -0.3 is 0 Å². The Morgan fingerprint density at radius 3 is 1.00 bits per heavy atom. The average molecular weight is 194 g/mol. The molecule has 0 atom stereocenters. The zero-order chi connectivity index (χ0) is 10.4. The van der Waals surface area contributed by atoms with Crippen molar-refractivity contribution in [2.24, 2.45) is 0 Å². The van der Waals surface area contributed by atoms with Crippen LogP contribution in [0.5, 0.6) is 0 Å². The summed E-state index contributed by atoms with van der Waals surface area (Å²) in [7, 11) is -0.894. The van der Waals surface area contributed by atoms with Crippen molar-refractivity contribution in [2.45, 2.75) is 41.5 Å². The molecule has 0 saturated heterocycles. The highest BCUT2D eigenvalue weighted by atomic mass is 28.3. The second-order valence-electron chi connectivity index (χ2n) is 4.31. The van der Waals surface area contributed by atoms with Gasteiger partial charge in [0, 0.05) is 0 Å². The van der Waals surface area contributed by atoms with E-state index in [-0.39, 0.29) is 0 Å². The molecule has 0 aliphatic rings. The van der Waals surface area contributed by atoms with Crippen molar-refractivity contribution in [3.05, 3.63) is 33.8 Å². The van der Waals surface area contributed by atoms with Crippen LogP contribution in [0.1, 0.15) is 41.5 Å². The van der Waals surface area contributed by atoms with E-state index in [1.807, 2.05) is 0 Å². The Balaban J connectivity index is 4.68. The van der Waals surface area contributed by atoms with Gasteiger partial charge in [-0.1, -0.05) is 33.8 Å². The lowest BCUT2D eigenvalue weighted by Crippen LogP contribution is -2.04. The number of hydrogen-bond donors (Lipinski definition) is 0. The molecule has 0 aromatic carbocycles. The third kappa shape index (κ3) is 7.79. The zero-order valence-corrected chi connectivity index (χ0v) is 11.0. The van der Waals surface area contributed by atoms with Crippen LogP contribution >= 0.6 is 0 Å². The highest BCUT2D eigenvalue weighted by Crippen LogP contribution is 2.03. The van der Waals surface area contributed by atoms with Crippen molar-refractivity contribution in [3.8, 4) is 0 Å². The van der Waals surface area contributed by atoms with Gasteiger partial charge in [-0.25, -0.2) is 0 Å². The molecule has 0 bridgehead atoms. The summed E-state index contributed by atoms with van der Waals surface area (Å²) in [6.07, 6.45) is 0. The van der Waals surface area contributed by atoms with Crippen LogP contribution in [0.2, 0.25) is 0 Å². The van der Waals surface area contributed by atoms with Crippen LogP contribution in [0.15, 0.2) is 33.8 Å². The van der Waals surface area contributed by atoms with E-state index in [4.69, 9.17) is 0 Å². The molecule has 13 heavy (non-hydrogen) atoms. The van der Waals surface area contributed by atoms with Gasteiger partial charge in [0.2, 0.25) is 0 Å². The second-order valence-corrected chi connectivity index (χ2v) is 6.46. The molecule has 74 valence electrons. The quantitative estimate of drug-likeness (QED) is 0.601. The lowest BCUT2D eigenvalue weighted by atomic mass is 10.4. The van der Waals surface area contributed by atoms with Crippen molar-refractivity contribution in [2.75, 3.05) is 0 Å². The minimum absolute atomic E-state index is 0.894. The highest BCUT2D eigenvalue weighted by Gasteiger charge is 1.99. The van der Waals surface area contributed by atoms with E-state index in [9.17, 15) is 0 Å². The summed E-state index contributed by atoms with van der Waals surface area (Å²) < 4.78 is 0. The normalized spacial score (nSPS) is 9.46. The van der Waals surface area contributed by atoms with E-state index < -0.39 is 8.80 Å². The van der Waals surface area contributed by atoms with E-state index >= 15 is 0 Å². The fraction of sp³-hybridized carbons (Fsp3) is 0.500. The van der Waals surface area contributed by atoms with E-state index in [0.717, 1.165) is 0 Å². The first kappa shape index (κ1) is 12.4. The predicted octanol–water partition coefficient (Wildman–Crippen LogP) is 3.73. The Labute approximate surface area is 84.7 Å². The summed E-state index contributed by atoms with van der Waals surface area (Å²) in [5.74, 6) is 0. The van der Waals surface area contributed by atoms with Crippen LogP contribution in [-0.2, 0) is 0 Å². The maximum atomic E-state index is 2.43. The Bertz CT molecular complexity index is 189. The molecule has 0 heterocycles. The molecule has 0 N–H and O–H groups in total. The van der Waals surface area contributed by atoms with Gasteiger partial charge in [-0.3, -0.25) is 0 Å². The Morgan fingerprint density at radius 1 is 0.615 bits per heavy atom. The molecule has 0 fully saturated rings. The first-order valence-electron chi connectivity index (χ1n) is 4.87. The van der Waals surface area contributed by atoms with Crippen LogP contribution < -0.4 is 0 Å². The molecule has 0 radical (unpaired) electrons. The Kier molecular flexibility index (Phi) is 5.72. The highest BCUT2D eigenvalue weighted by molar-refractivity contribution is 6.74. The molecule has 0 unspecified atom stereocenters. The lowest BCUT2D eigenvalue weighted by molar-refractivity contribution is 1.38. The van der Waals surface area contributed by atoms with Crippen LogP contribution in [0.4, 0.5) is 0 Å². The smallest absolute Gasteiger partial charge is 0.0911 e. The van der Waals surface area contributed by atoms with Gasteiger partial charge in [-0.05, 0) is 41.5 Å². The summed E-state index contributed by atoms with van der Waals surface area (Å²) >= 11 is 0. The molecular formula is C12H22Si. The van der Waals surface area contributed by atoms with Gasteiger partial charge in [-0.15, -0.1) is 0 Å². The fourth-order valence-electron chi connectivity index (χ4n) is 1.30. The van der Waals surface area contributed by atoms with Crippen molar-refractivity contribution in [1.82, 2.24) is 0 Å². The molecule has 0 saturated carbocycles. The zero-order valence-electron chi connectivity index (χ0n) is 9.81. The first-order valence-corrected chi connectivity index (χ1v) is 6.87. The maximum Gasteiger partial charge on any atom is 0.109 e. The predicted molar refractivity (Wildman–Crippen MR) is 65.4 cm³/mol. The monoisotopic (exact) mass is 194 g/mol. The van der Waals surface area contributed by atoms with E-state index in [2.05, 4.69) is 58.6 Å². The van der Waals surface area contributed by atoms with Crippen molar-refractivity contribution in [3.63, 3.8) is 0 Å². The number of rotatable bonds is 3. The van der Waals surface area contributed by atoms with Gasteiger partial charge in [0.15, 0.2) is 0 Å². The molecule has 0 aliphatic heterocycles. The first-order chi connectivity index (χ1) is 5.91.